The van der Waals surface area contributed by atoms with E-state index in [0.29, 0.717) is 6.61 Å². The zero-order chi connectivity index (χ0) is 13.4. The van der Waals surface area contributed by atoms with Gasteiger partial charge in [0, 0.05) is 7.11 Å². The topological polar surface area (TPSA) is 56.8 Å². The molecule has 0 spiro atoms. The van der Waals surface area contributed by atoms with Crippen LogP contribution in [0, 0.1) is 5.82 Å². The summed E-state index contributed by atoms with van der Waals surface area (Å²) in [7, 11) is 1.52. The Bertz CT molecular complexity index is 386. The summed E-state index contributed by atoms with van der Waals surface area (Å²) >= 11 is 0. The van der Waals surface area contributed by atoms with E-state index in [2.05, 4.69) is 5.48 Å². The highest BCUT2D eigenvalue weighted by atomic mass is 19.1. The summed E-state index contributed by atoms with van der Waals surface area (Å²) in [6, 6.07) is 5.87. The van der Waals surface area contributed by atoms with Gasteiger partial charge >= 0.3 is 0 Å². The number of benzene rings is 1. The van der Waals surface area contributed by atoms with Crippen LogP contribution in [0.5, 0.6) is 5.75 Å². The van der Waals surface area contributed by atoms with E-state index in [-0.39, 0.29) is 12.4 Å². The van der Waals surface area contributed by atoms with Crippen molar-refractivity contribution in [2.75, 3.05) is 20.3 Å². The standard InChI is InChI=1S/C12H16FNO4/c1-9(12(15)14-17-8-7-16-2)18-11-6-4-3-5-10(11)13/h3-6,9H,7-8H2,1-2H3,(H,14,15). The van der Waals surface area contributed by atoms with Crippen molar-refractivity contribution >= 4 is 5.91 Å². The molecule has 100 valence electrons. The maximum absolute atomic E-state index is 13.3. The van der Waals surface area contributed by atoms with Gasteiger partial charge in [0.25, 0.3) is 5.91 Å². The summed E-state index contributed by atoms with van der Waals surface area (Å²) in [5, 5.41) is 0. The molecule has 1 aromatic rings. The monoisotopic (exact) mass is 257 g/mol. The number of amides is 1. The molecule has 0 heterocycles. The number of halogens is 1. The largest absolute Gasteiger partial charge is 0.478 e. The minimum Gasteiger partial charge on any atom is -0.478 e. The van der Waals surface area contributed by atoms with Crippen LogP contribution >= 0.6 is 0 Å². The smallest absolute Gasteiger partial charge is 0.284 e. The molecule has 0 aliphatic carbocycles. The molecule has 0 fully saturated rings. The Balaban J connectivity index is 2.38. The average molecular weight is 257 g/mol. The number of hydrogen-bond acceptors (Lipinski definition) is 4. The molecule has 18 heavy (non-hydrogen) atoms. The summed E-state index contributed by atoms with van der Waals surface area (Å²) in [4.78, 5) is 16.3. The van der Waals surface area contributed by atoms with Crippen molar-refractivity contribution in [1.82, 2.24) is 5.48 Å². The molecule has 0 saturated heterocycles. The van der Waals surface area contributed by atoms with E-state index in [1.54, 1.807) is 12.1 Å². The van der Waals surface area contributed by atoms with Crippen molar-refractivity contribution < 1.29 is 23.5 Å². The summed E-state index contributed by atoms with van der Waals surface area (Å²) in [5.74, 6) is -0.983. The Morgan fingerprint density at radius 2 is 2.11 bits per heavy atom. The van der Waals surface area contributed by atoms with Crippen molar-refractivity contribution in [3.8, 4) is 5.75 Å². The quantitative estimate of drug-likeness (QED) is 0.590. The van der Waals surface area contributed by atoms with Crippen LogP contribution in [0.3, 0.4) is 0 Å². The highest BCUT2D eigenvalue weighted by molar-refractivity contribution is 5.79. The molecule has 0 saturated carbocycles. The number of hydrogen-bond donors (Lipinski definition) is 1. The van der Waals surface area contributed by atoms with E-state index in [1.807, 2.05) is 0 Å². The minimum absolute atomic E-state index is 0.0250. The number of carbonyl (C=O) groups is 1. The van der Waals surface area contributed by atoms with Crippen LogP contribution in [0.1, 0.15) is 6.92 Å². The van der Waals surface area contributed by atoms with E-state index >= 15 is 0 Å². The second-order valence-electron chi connectivity index (χ2n) is 3.50. The lowest BCUT2D eigenvalue weighted by molar-refractivity contribution is -0.141. The van der Waals surface area contributed by atoms with Gasteiger partial charge in [-0.1, -0.05) is 12.1 Å². The first-order chi connectivity index (χ1) is 8.65. The maximum Gasteiger partial charge on any atom is 0.284 e. The lowest BCUT2D eigenvalue weighted by atomic mass is 10.3. The molecule has 6 heteroatoms. The first-order valence-corrected chi connectivity index (χ1v) is 5.47. The SMILES string of the molecule is COCCONC(=O)C(C)Oc1ccccc1F. The lowest BCUT2D eigenvalue weighted by Gasteiger charge is -2.14. The van der Waals surface area contributed by atoms with Crippen LogP contribution in [-0.4, -0.2) is 32.3 Å². The number of carbonyl (C=O) groups excluding carboxylic acids is 1. The van der Waals surface area contributed by atoms with Gasteiger partial charge in [0.05, 0.1) is 13.2 Å². The van der Waals surface area contributed by atoms with Gasteiger partial charge in [-0.3, -0.25) is 9.63 Å². The molecule has 0 radical (unpaired) electrons. The Morgan fingerprint density at radius 3 is 2.78 bits per heavy atom. The number of ether oxygens (including phenoxy) is 2. The average Bonchev–Trinajstić information content (AvgIpc) is 2.37. The third kappa shape index (κ3) is 4.68. The van der Waals surface area contributed by atoms with Crippen molar-refractivity contribution in [3.05, 3.63) is 30.1 Å². The zero-order valence-electron chi connectivity index (χ0n) is 10.3. The molecule has 0 bridgehead atoms. The van der Waals surface area contributed by atoms with Crippen LogP contribution in [0.2, 0.25) is 0 Å². The molecule has 0 aromatic heterocycles. The van der Waals surface area contributed by atoms with Gasteiger partial charge in [-0.05, 0) is 19.1 Å². The van der Waals surface area contributed by atoms with Crippen LogP contribution in [-0.2, 0) is 14.4 Å². The number of methoxy groups -OCH3 is 1. The molecular weight excluding hydrogens is 241 g/mol. The van der Waals surface area contributed by atoms with Gasteiger partial charge in [-0.25, -0.2) is 9.87 Å². The fourth-order valence-electron chi connectivity index (χ4n) is 1.11. The molecule has 1 N–H and O–H groups in total. The van der Waals surface area contributed by atoms with Crippen LogP contribution in [0.15, 0.2) is 24.3 Å². The molecule has 1 amide bonds. The second-order valence-corrected chi connectivity index (χ2v) is 3.50. The predicted octanol–water partition coefficient (Wildman–Crippen LogP) is 1.29. The number of para-hydroxylation sites is 1. The fourth-order valence-corrected chi connectivity index (χ4v) is 1.11. The first kappa shape index (κ1) is 14.4. The summed E-state index contributed by atoms with van der Waals surface area (Å²) in [6.07, 6.45) is -0.857. The van der Waals surface area contributed by atoms with Crippen LogP contribution in [0.25, 0.3) is 0 Å². The van der Waals surface area contributed by atoms with E-state index < -0.39 is 17.8 Å². The molecule has 1 atom stereocenters. The van der Waals surface area contributed by atoms with E-state index in [4.69, 9.17) is 14.3 Å². The van der Waals surface area contributed by atoms with Gasteiger partial charge in [-0.15, -0.1) is 0 Å². The second kappa shape index (κ2) is 7.62. The number of rotatable bonds is 7. The zero-order valence-corrected chi connectivity index (χ0v) is 10.3. The van der Waals surface area contributed by atoms with Crippen LogP contribution < -0.4 is 10.2 Å². The van der Waals surface area contributed by atoms with E-state index in [9.17, 15) is 9.18 Å². The van der Waals surface area contributed by atoms with E-state index in [1.165, 1.54) is 26.2 Å². The minimum atomic E-state index is -0.857. The van der Waals surface area contributed by atoms with Crippen LogP contribution in [0.4, 0.5) is 4.39 Å². The Morgan fingerprint density at radius 1 is 1.39 bits per heavy atom. The highest BCUT2D eigenvalue weighted by Gasteiger charge is 2.16. The summed E-state index contributed by atoms with van der Waals surface area (Å²) < 4.78 is 23.2. The van der Waals surface area contributed by atoms with Gasteiger partial charge in [-0.2, -0.15) is 0 Å². The molecule has 0 aliphatic heterocycles. The molecule has 1 rings (SSSR count). The third-order valence-electron chi connectivity index (χ3n) is 2.07. The Hall–Kier alpha value is -1.66. The predicted molar refractivity (Wildman–Crippen MR) is 62.5 cm³/mol. The van der Waals surface area contributed by atoms with Crippen molar-refractivity contribution in [2.45, 2.75) is 13.0 Å². The van der Waals surface area contributed by atoms with Gasteiger partial charge in [0.2, 0.25) is 0 Å². The first-order valence-electron chi connectivity index (χ1n) is 5.47. The Kier molecular flexibility index (Phi) is 6.10. The molecule has 0 aliphatic rings. The fraction of sp³-hybridized carbons (Fsp3) is 0.417. The van der Waals surface area contributed by atoms with Crippen molar-refractivity contribution in [3.63, 3.8) is 0 Å². The Labute approximate surface area is 105 Å². The summed E-state index contributed by atoms with van der Waals surface area (Å²) in [6.45, 7) is 2.10. The van der Waals surface area contributed by atoms with Gasteiger partial charge < -0.3 is 9.47 Å². The third-order valence-corrected chi connectivity index (χ3v) is 2.07. The summed E-state index contributed by atoms with van der Waals surface area (Å²) in [5.41, 5.74) is 2.19. The lowest BCUT2D eigenvalue weighted by Crippen LogP contribution is -2.37. The maximum atomic E-state index is 13.3. The molecular formula is C12H16FNO4. The normalized spacial score (nSPS) is 11.9. The molecule has 1 aromatic carbocycles. The van der Waals surface area contributed by atoms with Gasteiger partial charge in [0.1, 0.15) is 0 Å². The number of hydroxylamine groups is 1. The molecule has 5 nitrogen and oxygen atoms in total. The van der Waals surface area contributed by atoms with Gasteiger partial charge in [0.15, 0.2) is 17.7 Å². The number of nitrogens with one attached hydrogen (secondary N) is 1. The highest BCUT2D eigenvalue weighted by Crippen LogP contribution is 2.16. The van der Waals surface area contributed by atoms with Crippen molar-refractivity contribution in [1.29, 1.82) is 0 Å². The van der Waals surface area contributed by atoms with E-state index in [0.717, 1.165) is 0 Å². The van der Waals surface area contributed by atoms with Crippen molar-refractivity contribution in [2.24, 2.45) is 0 Å². The molecule has 1 unspecified atom stereocenters.